The van der Waals surface area contributed by atoms with Crippen LogP contribution in [0.3, 0.4) is 0 Å². The van der Waals surface area contributed by atoms with E-state index in [1.54, 1.807) is 20.8 Å². The molecule has 1 fully saturated rings. The molecular formula is C16H22FN3O4. The van der Waals surface area contributed by atoms with Gasteiger partial charge in [0.15, 0.2) is 6.17 Å². The summed E-state index contributed by atoms with van der Waals surface area (Å²) in [7, 11) is 1.49. The van der Waals surface area contributed by atoms with Gasteiger partial charge in [0, 0.05) is 7.05 Å². The normalized spacial score (nSPS) is 23.9. The van der Waals surface area contributed by atoms with E-state index in [1.807, 2.05) is 0 Å². The molecule has 0 bridgehead atoms. The second-order valence-electron chi connectivity index (χ2n) is 6.80. The molecule has 2 N–H and O–H groups in total. The fourth-order valence-electron chi connectivity index (χ4n) is 2.92. The van der Waals surface area contributed by atoms with Crippen molar-refractivity contribution in [1.82, 2.24) is 15.2 Å². The van der Waals surface area contributed by atoms with Crippen molar-refractivity contribution in [2.45, 2.75) is 39.1 Å². The first-order chi connectivity index (χ1) is 11.1. The average Bonchev–Trinajstić information content (AvgIpc) is 2.84. The number of rotatable bonds is 3. The first-order valence-electron chi connectivity index (χ1n) is 7.63. The summed E-state index contributed by atoms with van der Waals surface area (Å²) in [5.41, 5.74) is -0.343. The third kappa shape index (κ3) is 3.58. The van der Waals surface area contributed by atoms with Crippen molar-refractivity contribution in [2.75, 3.05) is 13.6 Å². The topological polar surface area (TPSA) is 91.8 Å². The molecule has 1 aromatic heterocycles. The lowest BCUT2D eigenvalue weighted by Crippen LogP contribution is -2.46. The number of hydrogen-bond acceptors (Lipinski definition) is 4. The third-order valence-corrected chi connectivity index (χ3v) is 3.99. The minimum absolute atomic E-state index is 0.0599. The first kappa shape index (κ1) is 18.0. The van der Waals surface area contributed by atoms with Gasteiger partial charge in [-0.2, -0.15) is 0 Å². The summed E-state index contributed by atoms with van der Waals surface area (Å²) >= 11 is 0. The highest BCUT2D eigenvalue weighted by atomic mass is 19.1. The molecule has 0 spiro atoms. The molecular weight excluding hydrogens is 317 g/mol. The molecule has 0 radical (unpaired) electrons. The van der Waals surface area contributed by atoms with Gasteiger partial charge >= 0.3 is 6.09 Å². The number of pyridine rings is 1. The third-order valence-electron chi connectivity index (χ3n) is 3.99. The van der Waals surface area contributed by atoms with Crippen LogP contribution in [0.5, 0.6) is 5.75 Å². The standard InChI is InChI=1S/C16H22FN3O4/c1-16(2,3)13-12(17)11(8-20(13)15(22)23)24-9-5-6-10(19-7-9)14(21)18-4/h5-7,11-13H,8H2,1-4H3,(H,18,21)(H,22,23)/t11-,12+,13?/m1/s1. The Morgan fingerprint density at radius 3 is 2.50 bits per heavy atom. The lowest BCUT2D eigenvalue weighted by molar-refractivity contribution is 0.0685. The molecule has 24 heavy (non-hydrogen) atoms. The highest BCUT2D eigenvalue weighted by molar-refractivity contribution is 5.91. The van der Waals surface area contributed by atoms with Crippen LogP contribution in [0, 0.1) is 5.41 Å². The van der Waals surface area contributed by atoms with Crippen molar-refractivity contribution < 1.29 is 23.8 Å². The van der Waals surface area contributed by atoms with Gasteiger partial charge in [-0.15, -0.1) is 0 Å². The van der Waals surface area contributed by atoms with Crippen molar-refractivity contribution in [2.24, 2.45) is 5.41 Å². The van der Waals surface area contributed by atoms with E-state index in [9.17, 15) is 19.1 Å². The van der Waals surface area contributed by atoms with Gasteiger partial charge in [-0.3, -0.25) is 9.69 Å². The Morgan fingerprint density at radius 2 is 2.08 bits per heavy atom. The second kappa shape index (κ2) is 6.62. The minimum Gasteiger partial charge on any atom is -0.484 e. The number of likely N-dealkylation sites (tertiary alicyclic amines) is 1. The van der Waals surface area contributed by atoms with Crippen LogP contribution in [0.15, 0.2) is 18.3 Å². The van der Waals surface area contributed by atoms with Crippen LogP contribution >= 0.6 is 0 Å². The lowest BCUT2D eigenvalue weighted by atomic mass is 9.84. The van der Waals surface area contributed by atoms with E-state index in [0.717, 1.165) is 4.90 Å². The van der Waals surface area contributed by atoms with Crippen molar-refractivity contribution in [3.05, 3.63) is 24.0 Å². The van der Waals surface area contributed by atoms with Crippen LogP contribution in [-0.2, 0) is 0 Å². The number of carboxylic acid groups (broad SMARTS) is 1. The number of aromatic nitrogens is 1. The van der Waals surface area contributed by atoms with E-state index in [1.165, 1.54) is 25.4 Å². The molecule has 0 aliphatic carbocycles. The van der Waals surface area contributed by atoms with Crippen LogP contribution < -0.4 is 10.1 Å². The predicted octanol–water partition coefficient (Wildman–Crippen LogP) is 1.93. The predicted molar refractivity (Wildman–Crippen MR) is 84.9 cm³/mol. The Labute approximate surface area is 139 Å². The van der Waals surface area contributed by atoms with E-state index < -0.39 is 29.8 Å². The van der Waals surface area contributed by atoms with Crippen LogP contribution in [0.25, 0.3) is 0 Å². The van der Waals surface area contributed by atoms with Gasteiger partial charge in [-0.25, -0.2) is 14.2 Å². The van der Waals surface area contributed by atoms with Crippen molar-refractivity contribution in [1.29, 1.82) is 0 Å². The highest BCUT2D eigenvalue weighted by Gasteiger charge is 2.51. The van der Waals surface area contributed by atoms with E-state index in [4.69, 9.17) is 4.74 Å². The number of halogens is 1. The fraction of sp³-hybridized carbons (Fsp3) is 0.562. The van der Waals surface area contributed by atoms with Gasteiger partial charge in [0.25, 0.3) is 5.91 Å². The summed E-state index contributed by atoms with van der Waals surface area (Å²) in [6.45, 7) is 5.32. The Kier molecular flexibility index (Phi) is 4.96. The molecule has 0 saturated carbocycles. The monoisotopic (exact) mass is 339 g/mol. The van der Waals surface area contributed by atoms with Gasteiger partial charge in [0.05, 0.1) is 18.8 Å². The average molecular weight is 339 g/mol. The zero-order valence-electron chi connectivity index (χ0n) is 14.1. The van der Waals surface area contributed by atoms with Crippen molar-refractivity contribution in [3.8, 4) is 5.75 Å². The molecule has 0 aromatic carbocycles. The van der Waals surface area contributed by atoms with Crippen LogP contribution in [0.4, 0.5) is 9.18 Å². The molecule has 7 nitrogen and oxygen atoms in total. The number of carbonyl (C=O) groups is 2. The maximum absolute atomic E-state index is 14.8. The number of alkyl halides is 1. The van der Waals surface area contributed by atoms with E-state index in [-0.39, 0.29) is 23.9 Å². The first-order valence-corrected chi connectivity index (χ1v) is 7.63. The quantitative estimate of drug-likeness (QED) is 0.878. The molecule has 1 unspecified atom stereocenters. The molecule has 1 aliphatic heterocycles. The second-order valence-corrected chi connectivity index (χ2v) is 6.80. The van der Waals surface area contributed by atoms with Gasteiger partial charge in [0.1, 0.15) is 17.5 Å². The van der Waals surface area contributed by atoms with Crippen LogP contribution in [-0.4, -0.2) is 58.9 Å². The van der Waals surface area contributed by atoms with Gasteiger partial charge < -0.3 is 15.2 Å². The van der Waals surface area contributed by atoms with E-state index in [0.29, 0.717) is 0 Å². The summed E-state index contributed by atoms with van der Waals surface area (Å²) in [4.78, 5) is 27.9. The zero-order valence-corrected chi connectivity index (χ0v) is 14.1. The number of carbonyl (C=O) groups excluding carboxylic acids is 1. The largest absolute Gasteiger partial charge is 0.484 e. The van der Waals surface area contributed by atoms with Crippen molar-refractivity contribution in [3.63, 3.8) is 0 Å². The molecule has 1 saturated heterocycles. The summed E-state index contributed by atoms with van der Waals surface area (Å²) in [6.07, 6.45) is -2.22. The SMILES string of the molecule is CNC(=O)c1ccc(O[C@@H]2CN(C(=O)O)C(C(C)(C)C)[C@H]2F)cn1. The highest BCUT2D eigenvalue weighted by Crippen LogP contribution is 2.36. The molecule has 1 aliphatic rings. The summed E-state index contributed by atoms with van der Waals surface area (Å²) in [6, 6.07) is 2.19. The van der Waals surface area contributed by atoms with Gasteiger partial charge in [-0.05, 0) is 17.5 Å². The Balaban J connectivity index is 2.15. The Morgan fingerprint density at radius 1 is 1.42 bits per heavy atom. The number of amides is 2. The lowest BCUT2D eigenvalue weighted by Gasteiger charge is -2.33. The van der Waals surface area contributed by atoms with Gasteiger partial charge in [-0.1, -0.05) is 20.8 Å². The molecule has 2 heterocycles. The maximum Gasteiger partial charge on any atom is 0.407 e. The zero-order chi connectivity index (χ0) is 18.1. The molecule has 2 amide bonds. The van der Waals surface area contributed by atoms with Gasteiger partial charge in [0.2, 0.25) is 0 Å². The van der Waals surface area contributed by atoms with E-state index in [2.05, 4.69) is 10.3 Å². The molecule has 1 aromatic rings. The minimum atomic E-state index is -1.46. The van der Waals surface area contributed by atoms with E-state index >= 15 is 0 Å². The molecule has 2 rings (SSSR count). The Hall–Kier alpha value is -2.38. The van der Waals surface area contributed by atoms with Crippen LogP contribution in [0.1, 0.15) is 31.3 Å². The Bertz CT molecular complexity index is 615. The van der Waals surface area contributed by atoms with Crippen LogP contribution in [0.2, 0.25) is 0 Å². The fourth-order valence-corrected chi connectivity index (χ4v) is 2.92. The number of nitrogens with zero attached hydrogens (tertiary/aromatic N) is 2. The summed E-state index contributed by atoms with van der Waals surface area (Å²) in [5, 5.41) is 11.8. The molecule has 3 atom stereocenters. The molecule has 8 heteroatoms. The smallest absolute Gasteiger partial charge is 0.407 e. The number of hydrogen-bond donors (Lipinski definition) is 2. The summed E-state index contributed by atoms with van der Waals surface area (Å²) < 4.78 is 20.4. The van der Waals surface area contributed by atoms with Crippen molar-refractivity contribution >= 4 is 12.0 Å². The summed E-state index contributed by atoms with van der Waals surface area (Å²) in [5.74, 6) is -0.0502. The number of nitrogens with one attached hydrogen (secondary N) is 1. The molecule has 132 valence electrons. The number of ether oxygens (including phenoxy) is 1. The maximum atomic E-state index is 14.8.